The van der Waals surface area contributed by atoms with Crippen molar-refractivity contribution in [3.05, 3.63) is 254 Å². The highest BCUT2D eigenvalue weighted by Crippen LogP contribution is 2.44. The van der Waals surface area contributed by atoms with Crippen molar-refractivity contribution in [2.45, 2.75) is 139 Å². The lowest BCUT2D eigenvalue weighted by molar-refractivity contribution is -0.119. The number of carbonyl (C=O) groups excluding carboxylic acids is 1. The third-order valence-corrected chi connectivity index (χ3v) is 25.5. The van der Waals surface area contributed by atoms with Crippen LogP contribution in [0.5, 0.6) is 51.7 Å². The minimum atomic E-state index is -3.67. The Labute approximate surface area is 743 Å². The largest absolute Gasteiger partial charge is 0.493 e. The van der Waals surface area contributed by atoms with Crippen LogP contribution in [0, 0.1) is 6.92 Å². The number of amides is 1. The van der Waals surface area contributed by atoms with Crippen LogP contribution in [0.25, 0.3) is 50.2 Å². The summed E-state index contributed by atoms with van der Waals surface area (Å²) < 4.78 is 81.8. The summed E-state index contributed by atoms with van der Waals surface area (Å²) >= 11 is 0. The smallest absolute Gasteiger partial charge is 0.282 e. The molecule has 29 nitrogen and oxygen atoms in total. The molecule has 6 aromatic heterocycles. The number of hydrogen-bond donors (Lipinski definition) is 5. The quantitative estimate of drug-likeness (QED) is 0.0421. The Balaban J connectivity index is 0.000000125. The summed E-state index contributed by atoms with van der Waals surface area (Å²) in [6, 6.07) is 49.2. The third kappa shape index (κ3) is 19.4. The number of H-pyrrole nitrogens is 2. The van der Waals surface area contributed by atoms with Crippen LogP contribution >= 0.6 is 0 Å². The van der Waals surface area contributed by atoms with E-state index in [-0.39, 0.29) is 52.4 Å². The fraction of sp³-hybridized carbons (Fsp3) is 0.347. The number of nitrogens with zero attached hydrogens (tertiary/aromatic N) is 10. The summed E-state index contributed by atoms with van der Waals surface area (Å²) in [5.41, 5.74) is 14.9. The summed E-state index contributed by atoms with van der Waals surface area (Å²) in [6.45, 7) is 9.00. The predicted molar refractivity (Wildman–Crippen MR) is 494 cm³/mol. The summed E-state index contributed by atoms with van der Waals surface area (Å²) in [4.78, 5) is 72.7. The first-order chi connectivity index (χ1) is 62.3. The zero-order valence-corrected chi connectivity index (χ0v) is 74.7. The third-order valence-electron chi connectivity index (χ3n) is 24.1. The number of anilines is 1. The van der Waals surface area contributed by atoms with Crippen LogP contribution in [0.3, 0.4) is 0 Å². The Bertz CT molecular complexity index is 6440. The Morgan fingerprint density at radius 2 is 1.28 bits per heavy atom. The molecule has 4 fully saturated rings. The van der Waals surface area contributed by atoms with E-state index in [1.807, 2.05) is 141 Å². The molecule has 4 atom stereocenters. The maximum absolute atomic E-state index is 12.8. The molecule has 0 radical (unpaired) electrons. The van der Waals surface area contributed by atoms with Crippen molar-refractivity contribution >= 4 is 66.1 Å². The van der Waals surface area contributed by atoms with Gasteiger partial charge in [-0.05, 0) is 211 Å². The molecule has 30 heteroatoms. The zero-order chi connectivity index (χ0) is 89.7. The molecule has 2 aliphatic carbocycles. The van der Waals surface area contributed by atoms with Gasteiger partial charge in [0.1, 0.15) is 33.6 Å². The summed E-state index contributed by atoms with van der Waals surface area (Å²) in [7, 11) is 9.85. The number of carbonyl (C=O) groups is 1. The number of aryl methyl sites for hydroxylation is 2. The summed E-state index contributed by atoms with van der Waals surface area (Å²) in [5.74, 6) is 7.31. The number of imidazole rings is 1. The number of fused-ring (bicyclic) bond motifs is 8. The average Bonchev–Trinajstić information content (AvgIpc) is 1.72. The second-order valence-corrected chi connectivity index (χ2v) is 33.8. The number of aromatic nitrogens is 9. The fourth-order valence-electron chi connectivity index (χ4n) is 17.5. The van der Waals surface area contributed by atoms with Gasteiger partial charge in [-0.3, -0.25) is 38.6 Å². The zero-order valence-electron chi connectivity index (χ0n) is 73.8. The van der Waals surface area contributed by atoms with E-state index in [0.29, 0.717) is 124 Å². The molecule has 666 valence electrons. The Morgan fingerprint density at radius 3 is 1.97 bits per heavy atom. The van der Waals surface area contributed by atoms with Gasteiger partial charge in [-0.2, -0.15) is 5.10 Å². The number of para-hydroxylation sites is 1. The van der Waals surface area contributed by atoms with Gasteiger partial charge in [0.15, 0.2) is 51.6 Å². The predicted octanol–water partition coefficient (Wildman–Crippen LogP) is 15.1. The molecule has 13 aromatic rings. The first-order valence-electron chi connectivity index (χ1n) is 43.3. The molecule has 1 amide bonds. The van der Waals surface area contributed by atoms with Gasteiger partial charge in [0.2, 0.25) is 5.91 Å². The normalized spacial score (nSPS) is 17.1. The molecule has 10 heterocycles. The Kier molecular flexibility index (Phi) is 28.3. The van der Waals surface area contributed by atoms with Crippen LogP contribution in [0.4, 0.5) is 5.69 Å². The number of piperidine rings is 1. The molecule has 7 aromatic carbocycles. The molecule has 1 unspecified atom stereocenters. The van der Waals surface area contributed by atoms with Crippen molar-refractivity contribution in [1.29, 1.82) is 0 Å². The van der Waals surface area contributed by atoms with Gasteiger partial charge in [-0.25, -0.2) is 28.1 Å². The van der Waals surface area contributed by atoms with Crippen molar-refractivity contribution in [2.75, 3.05) is 94.4 Å². The molecule has 4 aliphatic heterocycles. The van der Waals surface area contributed by atoms with E-state index in [2.05, 4.69) is 53.0 Å². The van der Waals surface area contributed by atoms with E-state index in [1.165, 1.54) is 37.6 Å². The number of ether oxygens (including phenoxy) is 9. The number of aliphatic imine (C=N–C) groups is 2. The fourth-order valence-corrected chi connectivity index (χ4v) is 18.6. The minimum Gasteiger partial charge on any atom is -0.493 e. The number of likely N-dealkylation sites (tertiary alicyclic amines) is 1. The van der Waals surface area contributed by atoms with Crippen LogP contribution in [-0.4, -0.2) is 188 Å². The summed E-state index contributed by atoms with van der Waals surface area (Å²) in [6.07, 6.45) is 19.0. The summed E-state index contributed by atoms with van der Waals surface area (Å²) in [5, 5.41) is 18.8. The van der Waals surface area contributed by atoms with Gasteiger partial charge in [0.05, 0.1) is 133 Å². The molecular formula is C98H108N14O15S. The van der Waals surface area contributed by atoms with Gasteiger partial charge >= 0.3 is 0 Å². The number of likely N-dealkylation sites (N-methyl/N-ethyl adjacent to an activating group) is 1. The van der Waals surface area contributed by atoms with Crippen molar-refractivity contribution in [2.24, 2.45) is 9.98 Å². The van der Waals surface area contributed by atoms with Gasteiger partial charge < -0.3 is 67.9 Å². The number of sulfonamides is 1. The van der Waals surface area contributed by atoms with Crippen molar-refractivity contribution in [1.82, 2.24) is 54.5 Å². The number of methoxy groups -OCH3 is 7. The number of hydrogen-bond acceptors (Lipinski definition) is 23. The maximum atomic E-state index is 12.8. The van der Waals surface area contributed by atoms with E-state index < -0.39 is 10.0 Å². The average molecular weight is 1750 g/mol. The number of aliphatic hydroxyl groups excluding tert-OH is 1. The lowest BCUT2D eigenvalue weighted by atomic mass is 9.79. The second kappa shape index (κ2) is 40.5. The van der Waals surface area contributed by atoms with E-state index >= 15 is 0 Å². The molecular weight excluding hydrogens is 1650 g/mol. The van der Waals surface area contributed by atoms with Crippen LogP contribution in [-0.2, 0) is 27.7 Å². The van der Waals surface area contributed by atoms with Crippen LogP contribution < -0.4 is 63.8 Å². The van der Waals surface area contributed by atoms with Crippen molar-refractivity contribution in [3.63, 3.8) is 0 Å². The lowest BCUT2D eigenvalue weighted by Crippen LogP contribution is -2.41. The first kappa shape index (κ1) is 89.4. The Hall–Kier alpha value is -13.5. The number of aliphatic hydroxyl groups is 1. The molecule has 5 N–H and O–H groups in total. The van der Waals surface area contributed by atoms with Gasteiger partial charge in [0, 0.05) is 77.1 Å². The standard InChI is InChI=1S/C28H31N3O4S.C20H23NO5.C19H23N5O2.C16H21NO3.C15H10N4O/c1-18-5-11-21(12-6-18)36(32,33)30-20-9-7-19(8-10-20)28-23-16-27(35-4)26(34-3)15-22(23)24-17-31(2)14-13-25(24)29-28;1-23-16-6-5-12(8-17(16)24-2)20-15-10-19(26-4)18(25-3)9-13(15)7-14(11-22)21-20;1-3-14-16-18(24(23-14)12-7-5-6-8-12)21-17(22-19(16)25)13-9-10-20-11-15(13)26-4-2;1-19-14-7-6-11(12-9-16(18)17-10-12)8-15(14)20-13-4-2-3-5-13;20-15-13-12(17-9-18-13)11-7-4-8-16-14(11)19(15)10-5-2-1-3-6-10/h5-12,15-16,24-25,30H,13-14,17H2,1-4H3;5-6,8-10,14,22H,7,11H2,1-4H3;9-12H,3-8H2,1-2H3,(H,21,22,25);6-8,12-13H,2-5,9-10H2,1H3,(H,17,18);1-9H,(H,17,18)/t24-,25-;14-;;;/m00.../s1. The molecule has 19 rings (SSSR count). The first-order valence-corrected chi connectivity index (χ1v) is 44.7. The second-order valence-electron chi connectivity index (χ2n) is 32.2. The van der Waals surface area contributed by atoms with Crippen LogP contribution in [0.15, 0.2) is 207 Å². The lowest BCUT2D eigenvalue weighted by Gasteiger charge is -2.39. The van der Waals surface area contributed by atoms with Crippen LogP contribution in [0.2, 0.25) is 0 Å². The number of pyridine rings is 3. The highest BCUT2D eigenvalue weighted by molar-refractivity contribution is 7.92. The van der Waals surface area contributed by atoms with Crippen LogP contribution in [0.1, 0.15) is 146 Å². The van der Waals surface area contributed by atoms with Gasteiger partial charge in [-0.15, -0.1) is 0 Å². The van der Waals surface area contributed by atoms with E-state index in [1.54, 1.807) is 109 Å². The molecule has 6 aliphatic rings. The van der Waals surface area contributed by atoms with Gasteiger partial charge in [0.25, 0.3) is 21.1 Å². The maximum Gasteiger partial charge on any atom is 0.282 e. The highest BCUT2D eigenvalue weighted by atomic mass is 32.2. The number of benzene rings is 7. The molecule has 2 saturated carbocycles. The van der Waals surface area contributed by atoms with Gasteiger partial charge in [-0.1, -0.05) is 73.9 Å². The molecule has 0 bridgehead atoms. The minimum absolute atomic E-state index is 0.0232. The van der Waals surface area contributed by atoms with Crippen molar-refractivity contribution in [3.8, 4) is 68.8 Å². The van der Waals surface area contributed by atoms with Crippen molar-refractivity contribution < 1.29 is 61.0 Å². The van der Waals surface area contributed by atoms with E-state index in [0.717, 1.165) is 129 Å². The monoisotopic (exact) mass is 1750 g/mol. The molecule has 2 saturated heterocycles. The number of nitrogens with one attached hydrogen (secondary N) is 4. The number of rotatable bonds is 22. The Morgan fingerprint density at radius 1 is 0.617 bits per heavy atom. The number of aromatic amines is 2. The van der Waals surface area contributed by atoms with E-state index in [4.69, 9.17) is 62.7 Å². The molecule has 0 spiro atoms. The molecule has 128 heavy (non-hydrogen) atoms. The van der Waals surface area contributed by atoms with E-state index in [9.17, 15) is 27.9 Å². The highest BCUT2D eigenvalue weighted by Gasteiger charge is 2.37. The SMILES string of the molecule is CCOc1cnccc1-c1nc2c(c(CC)nn2C2CCCC2)c(=O)[nH]1.COc1cc2c(cc1OC)[C@@H]1CN(C)CC[C@@H]1N=C2c1ccc(NS(=O)(=O)c2ccc(C)cc2)cc1.COc1ccc(C2=N[C@H](CO)Cc3cc(OC)c(OC)cc32)cc1OC.COc1ccc(C2CNC(=O)C2)cc1OC1CCCC1.O=c1c2[nH]cnc2c2cccnc2n1-c1ccccc1. The topological polar surface area (TPSA) is 347 Å².